The molecular weight excluding hydrogens is 258 g/mol. The third-order valence-corrected chi connectivity index (χ3v) is 2.27. The van der Waals surface area contributed by atoms with E-state index in [4.69, 9.17) is 0 Å². The number of likely N-dealkylation sites (N-methyl/N-ethyl adjacent to an activating group) is 1. The van der Waals surface area contributed by atoms with Crippen molar-refractivity contribution in [2.45, 2.75) is 6.92 Å². The second kappa shape index (κ2) is 6.53. The van der Waals surface area contributed by atoms with Gasteiger partial charge in [-0.2, -0.15) is 0 Å². The van der Waals surface area contributed by atoms with Gasteiger partial charge in [-0.3, -0.25) is 4.79 Å². The van der Waals surface area contributed by atoms with Crippen LogP contribution in [-0.4, -0.2) is 30.5 Å². The van der Waals surface area contributed by atoms with Crippen molar-refractivity contribution in [1.82, 2.24) is 15.6 Å². The first-order chi connectivity index (χ1) is 7.24. The van der Waals surface area contributed by atoms with Gasteiger partial charge in [0.2, 0.25) is 0 Å². The highest BCUT2D eigenvalue weighted by Crippen LogP contribution is 2.06. The maximum atomic E-state index is 11.5. The molecule has 0 aliphatic carbocycles. The zero-order chi connectivity index (χ0) is 11.1. The van der Waals surface area contributed by atoms with Crippen LogP contribution in [0.25, 0.3) is 0 Å². The summed E-state index contributed by atoms with van der Waals surface area (Å²) in [6, 6.07) is 3.48. The fourth-order valence-electron chi connectivity index (χ4n) is 1.04. The zero-order valence-electron chi connectivity index (χ0n) is 8.59. The Morgan fingerprint density at radius 2 is 2.27 bits per heavy atom. The standard InChI is InChI=1S/C10H14BrN3O/c1-2-12-5-6-13-10(15)9-4-3-8(11)7-14-9/h3-4,7,12H,2,5-6H2,1H3,(H,13,15). The first kappa shape index (κ1) is 12.1. The number of nitrogens with one attached hydrogen (secondary N) is 2. The van der Waals surface area contributed by atoms with Crippen LogP contribution < -0.4 is 10.6 Å². The summed E-state index contributed by atoms with van der Waals surface area (Å²) in [5, 5.41) is 5.90. The molecule has 1 aromatic heterocycles. The molecule has 0 aliphatic rings. The molecule has 1 aromatic rings. The number of carbonyl (C=O) groups excluding carboxylic acids is 1. The molecule has 0 atom stereocenters. The highest BCUT2D eigenvalue weighted by Gasteiger charge is 2.04. The van der Waals surface area contributed by atoms with Crippen LogP contribution >= 0.6 is 15.9 Å². The number of rotatable bonds is 5. The van der Waals surface area contributed by atoms with Crippen molar-refractivity contribution in [2.24, 2.45) is 0 Å². The summed E-state index contributed by atoms with van der Waals surface area (Å²) in [4.78, 5) is 15.5. The van der Waals surface area contributed by atoms with Crippen LogP contribution in [-0.2, 0) is 0 Å². The van der Waals surface area contributed by atoms with E-state index in [0.717, 1.165) is 17.6 Å². The summed E-state index contributed by atoms with van der Waals surface area (Å²) in [6.45, 7) is 4.33. The van der Waals surface area contributed by atoms with Crippen LogP contribution in [0, 0.1) is 0 Å². The summed E-state index contributed by atoms with van der Waals surface area (Å²) >= 11 is 3.26. The van der Waals surface area contributed by atoms with E-state index in [1.165, 1.54) is 0 Å². The van der Waals surface area contributed by atoms with Gasteiger partial charge in [0.1, 0.15) is 5.69 Å². The lowest BCUT2D eigenvalue weighted by molar-refractivity contribution is 0.0949. The Morgan fingerprint density at radius 1 is 1.47 bits per heavy atom. The van der Waals surface area contributed by atoms with Crippen LogP contribution in [0.4, 0.5) is 0 Å². The molecule has 82 valence electrons. The number of hydrogen-bond acceptors (Lipinski definition) is 3. The minimum absolute atomic E-state index is 0.139. The molecule has 4 nitrogen and oxygen atoms in total. The Hall–Kier alpha value is -0.940. The summed E-state index contributed by atoms with van der Waals surface area (Å²) in [7, 11) is 0. The third-order valence-electron chi connectivity index (χ3n) is 1.80. The largest absolute Gasteiger partial charge is 0.349 e. The molecule has 0 spiro atoms. The molecule has 0 fully saturated rings. The van der Waals surface area contributed by atoms with Gasteiger partial charge in [-0.1, -0.05) is 6.92 Å². The first-order valence-electron chi connectivity index (χ1n) is 4.84. The molecule has 1 amide bonds. The maximum absolute atomic E-state index is 11.5. The van der Waals surface area contributed by atoms with Gasteiger partial charge >= 0.3 is 0 Å². The van der Waals surface area contributed by atoms with Crippen molar-refractivity contribution in [3.8, 4) is 0 Å². The van der Waals surface area contributed by atoms with Gasteiger partial charge in [0, 0.05) is 23.8 Å². The Bertz CT molecular complexity index is 313. The summed E-state index contributed by atoms with van der Waals surface area (Å²) in [6.07, 6.45) is 1.61. The lowest BCUT2D eigenvalue weighted by atomic mass is 10.3. The van der Waals surface area contributed by atoms with E-state index < -0.39 is 0 Å². The molecule has 0 saturated heterocycles. The number of amides is 1. The van der Waals surface area contributed by atoms with Gasteiger partial charge in [-0.25, -0.2) is 4.98 Å². The van der Waals surface area contributed by atoms with Crippen LogP contribution in [0.15, 0.2) is 22.8 Å². The van der Waals surface area contributed by atoms with E-state index in [0.29, 0.717) is 12.2 Å². The van der Waals surface area contributed by atoms with E-state index in [1.807, 2.05) is 6.92 Å². The predicted octanol–water partition coefficient (Wildman–Crippen LogP) is 1.18. The molecular formula is C10H14BrN3O. The number of halogens is 1. The van der Waals surface area contributed by atoms with Crippen LogP contribution in [0.3, 0.4) is 0 Å². The number of nitrogens with zero attached hydrogens (tertiary/aromatic N) is 1. The molecule has 0 unspecified atom stereocenters. The summed E-state index contributed by atoms with van der Waals surface area (Å²) < 4.78 is 0.867. The molecule has 5 heteroatoms. The minimum Gasteiger partial charge on any atom is -0.349 e. The highest BCUT2D eigenvalue weighted by molar-refractivity contribution is 9.10. The average Bonchev–Trinajstić information content (AvgIpc) is 2.25. The molecule has 0 aromatic carbocycles. The van der Waals surface area contributed by atoms with E-state index in [9.17, 15) is 4.79 Å². The average molecular weight is 272 g/mol. The molecule has 0 aliphatic heterocycles. The second-order valence-electron chi connectivity index (χ2n) is 2.97. The monoisotopic (exact) mass is 271 g/mol. The first-order valence-corrected chi connectivity index (χ1v) is 5.64. The van der Waals surface area contributed by atoms with Gasteiger partial charge in [0.05, 0.1) is 0 Å². The Labute approximate surface area is 97.6 Å². The number of aromatic nitrogens is 1. The van der Waals surface area contributed by atoms with Crippen LogP contribution in [0.5, 0.6) is 0 Å². The summed E-state index contributed by atoms with van der Waals surface area (Å²) in [5.74, 6) is -0.139. The molecule has 2 N–H and O–H groups in total. The molecule has 1 rings (SSSR count). The fraction of sp³-hybridized carbons (Fsp3) is 0.400. The van der Waals surface area contributed by atoms with E-state index in [2.05, 4.69) is 31.5 Å². The third kappa shape index (κ3) is 4.40. The predicted molar refractivity (Wildman–Crippen MR) is 62.8 cm³/mol. The van der Waals surface area contributed by atoms with Gasteiger partial charge in [0.25, 0.3) is 5.91 Å². The molecule has 1 heterocycles. The van der Waals surface area contributed by atoms with Crippen molar-refractivity contribution < 1.29 is 4.79 Å². The molecule has 0 radical (unpaired) electrons. The quantitative estimate of drug-likeness (QED) is 0.791. The number of carbonyl (C=O) groups is 1. The van der Waals surface area contributed by atoms with Crippen molar-refractivity contribution >= 4 is 21.8 Å². The smallest absolute Gasteiger partial charge is 0.269 e. The number of hydrogen-bond donors (Lipinski definition) is 2. The van der Waals surface area contributed by atoms with Gasteiger partial charge in [-0.05, 0) is 34.6 Å². The Morgan fingerprint density at radius 3 is 2.87 bits per heavy atom. The van der Waals surface area contributed by atoms with Crippen LogP contribution in [0.2, 0.25) is 0 Å². The normalized spacial score (nSPS) is 10.0. The molecule has 0 bridgehead atoms. The minimum atomic E-state index is -0.139. The second-order valence-corrected chi connectivity index (χ2v) is 3.89. The van der Waals surface area contributed by atoms with E-state index in [-0.39, 0.29) is 5.91 Å². The van der Waals surface area contributed by atoms with Crippen molar-refractivity contribution in [2.75, 3.05) is 19.6 Å². The van der Waals surface area contributed by atoms with Crippen LogP contribution in [0.1, 0.15) is 17.4 Å². The highest BCUT2D eigenvalue weighted by atomic mass is 79.9. The van der Waals surface area contributed by atoms with E-state index in [1.54, 1.807) is 18.3 Å². The zero-order valence-corrected chi connectivity index (χ0v) is 10.2. The molecule has 15 heavy (non-hydrogen) atoms. The lowest BCUT2D eigenvalue weighted by Crippen LogP contribution is -2.32. The van der Waals surface area contributed by atoms with Gasteiger partial charge in [0.15, 0.2) is 0 Å². The van der Waals surface area contributed by atoms with Crippen molar-refractivity contribution in [3.05, 3.63) is 28.5 Å². The summed E-state index contributed by atoms with van der Waals surface area (Å²) in [5.41, 5.74) is 0.440. The Balaban J connectivity index is 2.37. The van der Waals surface area contributed by atoms with Crippen molar-refractivity contribution in [1.29, 1.82) is 0 Å². The lowest BCUT2D eigenvalue weighted by Gasteiger charge is -2.04. The molecule has 0 saturated carbocycles. The fourth-order valence-corrected chi connectivity index (χ4v) is 1.28. The topological polar surface area (TPSA) is 54.0 Å². The van der Waals surface area contributed by atoms with Gasteiger partial charge in [-0.15, -0.1) is 0 Å². The number of pyridine rings is 1. The van der Waals surface area contributed by atoms with E-state index >= 15 is 0 Å². The maximum Gasteiger partial charge on any atom is 0.269 e. The van der Waals surface area contributed by atoms with Crippen molar-refractivity contribution in [3.63, 3.8) is 0 Å². The SMILES string of the molecule is CCNCCNC(=O)c1ccc(Br)cn1. The van der Waals surface area contributed by atoms with Gasteiger partial charge < -0.3 is 10.6 Å². The Kier molecular flexibility index (Phi) is 5.28.